The molecule has 0 amide bonds. The Labute approximate surface area is 114 Å². The molecule has 2 rings (SSSR count). The predicted molar refractivity (Wildman–Crippen MR) is 80.6 cm³/mol. The number of nitrogens with one attached hydrogen (secondary N) is 1. The van der Waals surface area contributed by atoms with Gasteiger partial charge in [0.2, 0.25) is 0 Å². The summed E-state index contributed by atoms with van der Waals surface area (Å²) in [5.41, 5.74) is 3.12. The van der Waals surface area contributed by atoms with Crippen LogP contribution in [0.3, 0.4) is 0 Å². The first-order valence-electron chi connectivity index (χ1n) is 6.36. The van der Waals surface area contributed by atoms with Crippen LogP contribution in [0.5, 0.6) is 5.75 Å². The number of aliphatic imine (C=N–C) groups is 1. The first-order chi connectivity index (χ1) is 9.28. The van der Waals surface area contributed by atoms with Gasteiger partial charge in [-0.25, -0.2) is 4.99 Å². The molecule has 1 N–H and O–H groups in total. The molecular formula is C16H18N2O. The van der Waals surface area contributed by atoms with Crippen molar-refractivity contribution >= 4 is 17.7 Å². The maximum absolute atomic E-state index is 5.43. The maximum Gasteiger partial charge on any atom is 0.121 e. The van der Waals surface area contributed by atoms with Crippen LogP contribution in [-0.4, -0.2) is 12.9 Å². The fourth-order valence-corrected chi connectivity index (χ4v) is 1.74. The molecule has 19 heavy (non-hydrogen) atoms. The smallest absolute Gasteiger partial charge is 0.121 e. The van der Waals surface area contributed by atoms with Gasteiger partial charge in [-0.05, 0) is 43.7 Å². The van der Waals surface area contributed by atoms with Gasteiger partial charge in [0.1, 0.15) is 5.75 Å². The van der Waals surface area contributed by atoms with Gasteiger partial charge in [-0.1, -0.05) is 18.2 Å². The van der Waals surface area contributed by atoms with Gasteiger partial charge in [-0.2, -0.15) is 0 Å². The van der Waals surface area contributed by atoms with Crippen molar-refractivity contribution in [2.24, 2.45) is 4.99 Å². The number of rotatable bonds is 5. The Morgan fingerprint density at radius 3 is 2.79 bits per heavy atom. The lowest BCUT2D eigenvalue weighted by Crippen LogP contribution is -1.94. The van der Waals surface area contributed by atoms with Crippen LogP contribution in [0.2, 0.25) is 0 Å². The number of hydrogen-bond acceptors (Lipinski definition) is 2. The molecule has 0 aliphatic heterocycles. The van der Waals surface area contributed by atoms with Gasteiger partial charge in [0.05, 0.1) is 18.6 Å². The average molecular weight is 254 g/mol. The minimum absolute atomic E-state index is 0.661. The van der Waals surface area contributed by atoms with Gasteiger partial charge in [0.25, 0.3) is 0 Å². The van der Waals surface area contributed by atoms with Crippen LogP contribution in [-0.2, 0) is 0 Å². The fourth-order valence-electron chi connectivity index (χ4n) is 1.74. The van der Waals surface area contributed by atoms with E-state index in [1.807, 2.05) is 43.3 Å². The van der Waals surface area contributed by atoms with E-state index < -0.39 is 0 Å². The molecule has 0 aliphatic carbocycles. The quantitative estimate of drug-likeness (QED) is 0.642. The summed E-state index contributed by atoms with van der Waals surface area (Å²) >= 11 is 0. The summed E-state index contributed by atoms with van der Waals surface area (Å²) in [5, 5.41) is 3.15. The number of ether oxygens (including phenoxy) is 1. The van der Waals surface area contributed by atoms with Gasteiger partial charge in [-0.3, -0.25) is 0 Å². The number of hydrogen-bond donors (Lipinski definition) is 1. The SMILES string of the molecule is CCOc1cccc(N=CNc2cccc(C)c2)c1. The Morgan fingerprint density at radius 2 is 2.00 bits per heavy atom. The van der Waals surface area contributed by atoms with E-state index >= 15 is 0 Å². The zero-order valence-corrected chi connectivity index (χ0v) is 11.3. The van der Waals surface area contributed by atoms with E-state index in [1.54, 1.807) is 6.34 Å². The third-order valence-electron chi connectivity index (χ3n) is 2.59. The van der Waals surface area contributed by atoms with E-state index in [1.165, 1.54) is 5.56 Å². The summed E-state index contributed by atoms with van der Waals surface area (Å²) in [6, 6.07) is 15.9. The van der Waals surface area contributed by atoms with Crippen LogP contribution in [0.1, 0.15) is 12.5 Å². The van der Waals surface area contributed by atoms with Crippen molar-refractivity contribution in [3.8, 4) is 5.75 Å². The van der Waals surface area contributed by atoms with E-state index in [0.717, 1.165) is 17.1 Å². The first kappa shape index (κ1) is 13.1. The molecule has 2 aromatic rings. The molecule has 0 saturated carbocycles. The monoisotopic (exact) mass is 254 g/mol. The second kappa shape index (κ2) is 6.59. The molecule has 0 aromatic heterocycles. The topological polar surface area (TPSA) is 33.6 Å². The molecule has 3 nitrogen and oxygen atoms in total. The standard InChI is InChI=1S/C16H18N2O/c1-3-19-16-9-5-8-15(11-16)18-12-17-14-7-4-6-13(2)10-14/h4-12H,3H2,1-2H3,(H,17,18). The second-order valence-corrected chi connectivity index (χ2v) is 4.20. The highest BCUT2D eigenvalue weighted by molar-refractivity contribution is 5.78. The minimum Gasteiger partial charge on any atom is -0.494 e. The van der Waals surface area contributed by atoms with Crippen LogP contribution >= 0.6 is 0 Å². The van der Waals surface area contributed by atoms with E-state index in [2.05, 4.69) is 29.4 Å². The van der Waals surface area contributed by atoms with Crippen molar-refractivity contribution in [1.82, 2.24) is 0 Å². The highest BCUT2D eigenvalue weighted by atomic mass is 16.5. The van der Waals surface area contributed by atoms with Gasteiger partial charge in [0.15, 0.2) is 0 Å². The summed E-state index contributed by atoms with van der Waals surface area (Å²) in [7, 11) is 0. The fraction of sp³-hybridized carbons (Fsp3) is 0.188. The van der Waals surface area contributed by atoms with E-state index in [0.29, 0.717) is 6.61 Å². The Bertz CT molecular complexity index is 564. The zero-order chi connectivity index (χ0) is 13.5. The second-order valence-electron chi connectivity index (χ2n) is 4.20. The lowest BCUT2D eigenvalue weighted by atomic mass is 10.2. The Kier molecular flexibility index (Phi) is 4.56. The third-order valence-corrected chi connectivity index (χ3v) is 2.59. The molecule has 0 bridgehead atoms. The van der Waals surface area contributed by atoms with Gasteiger partial charge in [0, 0.05) is 11.8 Å². The lowest BCUT2D eigenvalue weighted by Gasteiger charge is -2.03. The molecule has 0 saturated heterocycles. The van der Waals surface area contributed by atoms with Crippen LogP contribution in [0.4, 0.5) is 11.4 Å². The molecule has 0 fully saturated rings. The molecular weight excluding hydrogens is 236 g/mol. The molecule has 0 radical (unpaired) electrons. The van der Waals surface area contributed by atoms with E-state index in [9.17, 15) is 0 Å². The van der Waals surface area contributed by atoms with Gasteiger partial charge in [-0.15, -0.1) is 0 Å². The number of benzene rings is 2. The van der Waals surface area contributed by atoms with E-state index in [4.69, 9.17) is 4.74 Å². The first-order valence-corrected chi connectivity index (χ1v) is 6.36. The molecule has 0 atom stereocenters. The highest BCUT2D eigenvalue weighted by Gasteiger charge is 1.94. The molecule has 0 unspecified atom stereocenters. The zero-order valence-electron chi connectivity index (χ0n) is 11.3. The van der Waals surface area contributed by atoms with Crippen molar-refractivity contribution in [1.29, 1.82) is 0 Å². The number of nitrogens with zero attached hydrogens (tertiary/aromatic N) is 1. The van der Waals surface area contributed by atoms with Crippen LogP contribution < -0.4 is 10.1 Å². The summed E-state index contributed by atoms with van der Waals surface area (Å²) in [6.45, 7) is 4.69. The maximum atomic E-state index is 5.43. The molecule has 0 spiro atoms. The van der Waals surface area contributed by atoms with Crippen LogP contribution in [0.25, 0.3) is 0 Å². The van der Waals surface area contributed by atoms with Crippen LogP contribution in [0, 0.1) is 6.92 Å². The number of anilines is 1. The third kappa shape index (κ3) is 4.14. The Morgan fingerprint density at radius 1 is 1.16 bits per heavy atom. The predicted octanol–water partition coefficient (Wildman–Crippen LogP) is 4.17. The molecule has 0 aliphatic rings. The van der Waals surface area contributed by atoms with Gasteiger partial charge >= 0.3 is 0 Å². The summed E-state index contributed by atoms with van der Waals surface area (Å²) < 4.78 is 5.43. The molecule has 3 heteroatoms. The van der Waals surface area contributed by atoms with E-state index in [-0.39, 0.29) is 0 Å². The lowest BCUT2D eigenvalue weighted by molar-refractivity contribution is 0.340. The highest BCUT2D eigenvalue weighted by Crippen LogP contribution is 2.19. The average Bonchev–Trinajstić information content (AvgIpc) is 2.40. The van der Waals surface area contributed by atoms with Gasteiger partial charge < -0.3 is 10.1 Å². The van der Waals surface area contributed by atoms with Crippen molar-refractivity contribution in [2.45, 2.75) is 13.8 Å². The van der Waals surface area contributed by atoms with Crippen molar-refractivity contribution in [3.05, 3.63) is 54.1 Å². The number of aryl methyl sites for hydroxylation is 1. The Balaban J connectivity index is 2.00. The van der Waals surface area contributed by atoms with Crippen molar-refractivity contribution in [2.75, 3.05) is 11.9 Å². The van der Waals surface area contributed by atoms with Crippen molar-refractivity contribution < 1.29 is 4.74 Å². The molecule has 0 heterocycles. The van der Waals surface area contributed by atoms with Crippen molar-refractivity contribution in [3.63, 3.8) is 0 Å². The molecule has 98 valence electrons. The summed E-state index contributed by atoms with van der Waals surface area (Å²) in [5.74, 6) is 0.840. The van der Waals surface area contributed by atoms with Crippen LogP contribution in [0.15, 0.2) is 53.5 Å². The largest absolute Gasteiger partial charge is 0.494 e. The summed E-state index contributed by atoms with van der Waals surface area (Å²) in [4.78, 5) is 4.36. The normalized spacial score (nSPS) is 10.6. The minimum atomic E-state index is 0.661. The Hall–Kier alpha value is -2.29. The summed E-state index contributed by atoms with van der Waals surface area (Å²) in [6.07, 6.45) is 1.69. The molecule has 2 aromatic carbocycles.